The van der Waals surface area contributed by atoms with E-state index in [0.717, 1.165) is 0 Å². The predicted octanol–water partition coefficient (Wildman–Crippen LogP) is 3.50. The van der Waals surface area contributed by atoms with Crippen molar-refractivity contribution < 1.29 is 24.2 Å². The first-order chi connectivity index (χ1) is 12.4. The van der Waals surface area contributed by atoms with Crippen LogP contribution in [-0.2, 0) is 14.3 Å². The van der Waals surface area contributed by atoms with E-state index in [2.05, 4.69) is 10.6 Å². The van der Waals surface area contributed by atoms with Crippen molar-refractivity contribution >= 4 is 29.3 Å². The van der Waals surface area contributed by atoms with Crippen LogP contribution in [0.4, 0.5) is 16.2 Å². The summed E-state index contributed by atoms with van der Waals surface area (Å²) >= 11 is 0. The maximum Gasteiger partial charge on any atom is 0.411 e. The standard InChI is InChI=1S/C19H24N2O5/c1-12(2)11-26-19(25)21-14-7-5-6-13(10-14)20-17(22)15-8-3-4-9-16(15)18(23)24/h3-7,10,12,15-16H,8-9,11H2,1-2H3,(H,20,22)(H,21,25)(H,23,24)/t15-,16-/m0/s1. The number of carbonyl (C=O) groups is 3. The van der Waals surface area contributed by atoms with Gasteiger partial charge in [-0.25, -0.2) is 4.79 Å². The Morgan fingerprint density at radius 2 is 1.73 bits per heavy atom. The molecular formula is C19H24N2O5. The van der Waals surface area contributed by atoms with Crippen LogP contribution in [0.3, 0.4) is 0 Å². The Balaban J connectivity index is 1.99. The molecule has 7 nitrogen and oxygen atoms in total. The Hall–Kier alpha value is -2.83. The summed E-state index contributed by atoms with van der Waals surface area (Å²) in [6.45, 7) is 4.19. The largest absolute Gasteiger partial charge is 0.481 e. The van der Waals surface area contributed by atoms with Crippen LogP contribution in [0.1, 0.15) is 26.7 Å². The fraction of sp³-hybridized carbons (Fsp3) is 0.421. The van der Waals surface area contributed by atoms with Gasteiger partial charge in [-0.1, -0.05) is 32.1 Å². The second-order valence-corrected chi connectivity index (χ2v) is 6.68. The first-order valence-electron chi connectivity index (χ1n) is 8.59. The van der Waals surface area contributed by atoms with Crippen molar-refractivity contribution in [3.63, 3.8) is 0 Å². The van der Waals surface area contributed by atoms with Gasteiger partial charge in [0, 0.05) is 11.4 Å². The number of benzene rings is 1. The normalized spacial score (nSPS) is 19.0. The summed E-state index contributed by atoms with van der Waals surface area (Å²) in [6.07, 6.45) is 3.78. The molecule has 0 radical (unpaired) electrons. The molecule has 2 rings (SSSR count). The molecule has 3 N–H and O–H groups in total. The lowest BCUT2D eigenvalue weighted by Gasteiger charge is -2.24. The van der Waals surface area contributed by atoms with Crippen molar-refractivity contribution in [2.45, 2.75) is 26.7 Å². The third-order valence-corrected chi connectivity index (χ3v) is 4.01. The third-order valence-electron chi connectivity index (χ3n) is 4.01. The van der Waals surface area contributed by atoms with Gasteiger partial charge < -0.3 is 15.2 Å². The Bertz CT molecular complexity index is 699. The lowest BCUT2D eigenvalue weighted by Crippen LogP contribution is -2.34. The first kappa shape index (κ1) is 19.5. The molecule has 1 aliphatic carbocycles. The number of carboxylic acid groups (broad SMARTS) is 1. The van der Waals surface area contributed by atoms with E-state index in [1.165, 1.54) is 0 Å². The second kappa shape index (κ2) is 9.03. The zero-order valence-corrected chi connectivity index (χ0v) is 14.9. The number of nitrogens with one attached hydrogen (secondary N) is 2. The van der Waals surface area contributed by atoms with Gasteiger partial charge >= 0.3 is 12.1 Å². The molecule has 1 aromatic carbocycles. The molecule has 0 heterocycles. The second-order valence-electron chi connectivity index (χ2n) is 6.68. The fourth-order valence-corrected chi connectivity index (χ4v) is 2.68. The minimum atomic E-state index is -0.974. The van der Waals surface area contributed by atoms with Crippen LogP contribution in [0, 0.1) is 17.8 Å². The molecule has 2 amide bonds. The van der Waals surface area contributed by atoms with Gasteiger partial charge in [0.2, 0.25) is 5.91 Å². The number of rotatable bonds is 6. The van der Waals surface area contributed by atoms with Crippen molar-refractivity contribution in [2.24, 2.45) is 17.8 Å². The van der Waals surface area contributed by atoms with Crippen molar-refractivity contribution in [1.29, 1.82) is 0 Å². The molecule has 26 heavy (non-hydrogen) atoms. The highest BCUT2D eigenvalue weighted by Crippen LogP contribution is 2.27. The van der Waals surface area contributed by atoms with Gasteiger partial charge in [-0.2, -0.15) is 0 Å². The maximum atomic E-state index is 12.5. The summed E-state index contributed by atoms with van der Waals surface area (Å²) < 4.78 is 5.05. The smallest absolute Gasteiger partial charge is 0.411 e. The molecule has 0 fully saturated rings. The van der Waals surface area contributed by atoms with Crippen molar-refractivity contribution in [3.05, 3.63) is 36.4 Å². The van der Waals surface area contributed by atoms with E-state index >= 15 is 0 Å². The van der Waals surface area contributed by atoms with E-state index in [1.54, 1.807) is 30.3 Å². The van der Waals surface area contributed by atoms with Gasteiger partial charge in [0.05, 0.1) is 18.4 Å². The number of amides is 2. The van der Waals surface area contributed by atoms with Crippen LogP contribution < -0.4 is 10.6 Å². The molecule has 140 valence electrons. The lowest BCUT2D eigenvalue weighted by molar-refractivity contribution is -0.146. The zero-order chi connectivity index (χ0) is 19.1. The van der Waals surface area contributed by atoms with Gasteiger partial charge in [-0.05, 0) is 37.0 Å². The molecule has 1 aromatic rings. The van der Waals surface area contributed by atoms with E-state index in [1.807, 2.05) is 19.9 Å². The molecule has 1 aliphatic rings. The molecule has 0 aromatic heterocycles. The first-order valence-corrected chi connectivity index (χ1v) is 8.59. The predicted molar refractivity (Wildman–Crippen MR) is 97.9 cm³/mol. The monoisotopic (exact) mass is 360 g/mol. The number of aliphatic carboxylic acids is 1. The van der Waals surface area contributed by atoms with E-state index < -0.39 is 23.9 Å². The van der Waals surface area contributed by atoms with Crippen LogP contribution in [0.5, 0.6) is 0 Å². The molecule has 0 saturated carbocycles. The van der Waals surface area contributed by atoms with Crippen molar-refractivity contribution in [3.8, 4) is 0 Å². The number of carboxylic acids is 1. The minimum Gasteiger partial charge on any atom is -0.481 e. The van der Waals surface area contributed by atoms with Crippen molar-refractivity contribution in [1.82, 2.24) is 0 Å². The number of carbonyl (C=O) groups excluding carboxylic acids is 2. The van der Waals surface area contributed by atoms with Crippen LogP contribution >= 0.6 is 0 Å². The zero-order valence-electron chi connectivity index (χ0n) is 14.9. The number of hydrogen-bond donors (Lipinski definition) is 3. The SMILES string of the molecule is CC(C)COC(=O)Nc1cccc(NC(=O)[C@H]2CC=CC[C@@H]2C(=O)O)c1. The Morgan fingerprint density at radius 1 is 1.12 bits per heavy atom. The Kier molecular flexibility index (Phi) is 6.77. The fourth-order valence-electron chi connectivity index (χ4n) is 2.68. The summed E-state index contributed by atoms with van der Waals surface area (Å²) in [6, 6.07) is 6.64. The van der Waals surface area contributed by atoms with Crippen molar-refractivity contribution in [2.75, 3.05) is 17.2 Å². The molecule has 2 atom stereocenters. The molecule has 0 aliphatic heterocycles. The van der Waals surface area contributed by atoms with E-state index in [9.17, 15) is 19.5 Å². The highest BCUT2D eigenvalue weighted by atomic mass is 16.5. The highest BCUT2D eigenvalue weighted by Gasteiger charge is 2.33. The van der Waals surface area contributed by atoms with Gasteiger partial charge in [0.1, 0.15) is 0 Å². The van der Waals surface area contributed by atoms with Gasteiger partial charge in [-0.15, -0.1) is 0 Å². The summed E-state index contributed by atoms with van der Waals surface area (Å²) in [5.41, 5.74) is 0.963. The maximum absolute atomic E-state index is 12.5. The minimum absolute atomic E-state index is 0.234. The van der Waals surface area contributed by atoms with E-state index in [0.29, 0.717) is 30.8 Å². The molecular weight excluding hydrogens is 336 g/mol. The lowest BCUT2D eigenvalue weighted by atomic mass is 9.82. The average molecular weight is 360 g/mol. The number of ether oxygens (including phenoxy) is 1. The molecule has 0 saturated heterocycles. The van der Waals surface area contributed by atoms with E-state index in [-0.39, 0.29) is 11.8 Å². The number of anilines is 2. The summed E-state index contributed by atoms with van der Waals surface area (Å²) in [7, 11) is 0. The van der Waals surface area contributed by atoms with Gasteiger partial charge in [0.15, 0.2) is 0 Å². The summed E-state index contributed by atoms with van der Waals surface area (Å²) in [5, 5.41) is 14.6. The van der Waals surface area contributed by atoms with Gasteiger partial charge in [-0.3, -0.25) is 14.9 Å². The number of allylic oxidation sites excluding steroid dienone is 2. The van der Waals surface area contributed by atoms with Crippen LogP contribution in [0.25, 0.3) is 0 Å². The van der Waals surface area contributed by atoms with Crippen LogP contribution in [0.15, 0.2) is 36.4 Å². The Morgan fingerprint density at radius 3 is 2.35 bits per heavy atom. The highest BCUT2D eigenvalue weighted by molar-refractivity contribution is 5.96. The Labute approximate surface area is 152 Å². The summed E-state index contributed by atoms with van der Waals surface area (Å²) in [4.78, 5) is 35.5. The molecule has 0 bridgehead atoms. The average Bonchev–Trinajstić information content (AvgIpc) is 2.60. The van der Waals surface area contributed by atoms with Crippen LogP contribution in [-0.4, -0.2) is 29.7 Å². The van der Waals surface area contributed by atoms with E-state index in [4.69, 9.17) is 4.74 Å². The third kappa shape index (κ3) is 5.61. The molecule has 0 spiro atoms. The molecule has 0 unspecified atom stereocenters. The molecule has 7 heteroatoms. The number of hydrogen-bond acceptors (Lipinski definition) is 4. The van der Waals surface area contributed by atoms with Gasteiger partial charge in [0.25, 0.3) is 0 Å². The van der Waals surface area contributed by atoms with Crippen LogP contribution in [0.2, 0.25) is 0 Å². The topological polar surface area (TPSA) is 105 Å². The summed E-state index contributed by atoms with van der Waals surface area (Å²) in [5.74, 6) is -2.44. The quantitative estimate of drug-likeness (QED) is 0.674.